The van der Waals surface area contributed by atoms with Gasteiger partial charge < -0.3 is 0 Å². The Kier molecular flexibility index (Phi) is 10.4. The van der Waals surface area contributed by atoms with Crippen molar-refractivity contribution in [3.63, 3.8) is 0 Å². The van der Waals surface area contributed by atoms with E-state index in [0.29, 0.717) is 5.82 Å². The van der Waals surface area contributed by atoms with E-state index in [0.717, 1.165) is 74.4 Å². The molecule has 250 valence electrons. The van der Waals surface area contributed by atoms with Gasteiger partial charge >= 0.3 is 0 Å². The van der Waals surface area contributed by atoms with Crippen LogP contribution < -0.4 is 0 Å². The highest BCUT2D eigenvalue weighted by molar-refractivity contribution is 5.83. The van der Waals surface area contributed by atoms with Crippen LogP contribution in [-0.4, -0.2) is 15.0 Å². The summed E-state index contributed by atoms with van der Waals surface area (Å²) < 4.78 is 0. The molecule has 1 aliphatic carbocycles. The molecule has 5 aromatic carbocycles. The number of hydrogen-bond acceptors (Lipinski definition) is 3. The van der Waals surface area contributed by atoms with Crippen LogP contribution in [0.5, 0.6) is 0 Å². The van der Waals surface area contributed by atoms with Crippen LogP contribution in [0.2, 0.25) is 0 Å². The SMILES string of the molecule is CCCC.Cc1cc(-c2cccc(-c3cc(-c4ccc5c(c4)C=CCC5)cc(-c4nc(-c5ccccc5)cc(-c5ccccc5)n4)c3)c2)ccn1. The normalized spacial score (nSPS) is 11.7. The highest BCUT2D eigenvalue weighted by Crippen LogP contribution is 2.36. The van der Waals surface area contributed by atoms with Crippen LogP contribution in [0.25, 0.3) is 73.4 Å². The number of benzene rings is 5. The second kappa shape index (κ2) is 15.7. The van der Waals surface area contributed by atoms with Gasteiger partial charge in [0.15, 0.2) is 5.82 Å². The van der Waals surface area contributed by atoms with E-state index in [9.17, 15) is 0 Å². The summed E-state index contributed by atoms with van der Waals surface area (Å²) in [7, 11) is 0. The molecule has 0 saturated heterocycles. The van der Waals surface area contributed by atoms with Crippen molar-refractivity contribution in [3.05, 3.63) is 169 Å². The fourth-order valence-corrected chi connectivity index (χ4v) is 6.39. The quantitative estimate of drug-likeness (QED) is 0.171. The smallest absolute Gasteiger partial charge is 0.160 e. The monoisotopic (exact) mass is 661 g/mol. The minimum absolute atomic E-state index is 0.701. The molecule has 0 spiro atoms. The van der Waals surface area contributed by atoms with Gasteiger partial charge in [0.25, 0.3) is 0 Å². The van der Waals surface area contributed by atoms with Gasteiger partial charge in [-0.15, -0.1) is 0 Å². The minimum Gasteiger partial charge on any atom is -0.262 e. The molecule has 8 rings (SSSR count). The lowest BCUT2D eigenvalue weighted by atomic mass is 9.90. The zero-order valence-corrected chi connectivity index (χ0v) is 29.7. The van der Waals surface area contributed by atoms with Crippen molar-refractivity contribution < 1.29 is 0 Å². The zero-order chi connectivity index (χ0) is 35.0. The van der Waals surface area contributed by atoms with Gasteiger partial charge in [0.2, 0.25) is 0 Å². The van der Waals surface area contributed by atoms with Crippen molar-refractivity contribution in [1.29, 1.82) is 0 Å². The summed E-state index contributed by atoms with van der Waals surface area (Å²) in [6.45, 7) is 6.39. The van der Waals surface area contributed by atoms with Crippen LogP contribution in [0.1, 0.15) is 49.9 Å². The maximum Gasteiger partial charge on any atom is 0.160 e. The van der Waals surface area contributed by atoms with Gasteiger partial charge in [0, 0.05) is 28.6 Å². The van der Waals surface area contributed by atoms with Crippen molar-refractivity contribution in [1.82, 2.24) is 15.0 Å². The van der Waals surface area contributed by atoms with E-state index in [4.69, 9.17) is 9.97 Å². The number of aryl methyl sites for hydroxylation is 2. The molecule has 0 bridgehead atoms. The molecule has 0 N–H and O–H groups in total. The van der Waals surface area contributed by atoms with E-state index in [1.807, 2.05) is 25.3 Å². The van der Waals surface area contributed by atoms with Crippen LogP contribution >= 0.6 is 0 Å². The second-order valence-electron chi connectivity index (χ2n) is 13.1. The molecule has 0 radical (unpaired) electrons. The number of unbranched alkanes of at least 4 members (excludes halogenated alkanes) is 1. The molecule has 3 nitrogen and oxygen atoms in total. The van der Waals surface area contributed by atoms with Crippen molar-refractivity contribution in [3.8, 4) is 67.3 Å². The molecule has 2 heterocycles. The van der Waals surface area contributed by atoms with Gasteiger partial charge in [-0.2, -0.15) is 0 Å². The van der Waals surface area contributed by atoms with Crippen molar-refractivity contribution in [2.45, 2.75) is 46.5 Å². The zero-order valence-electron chi connectivity index (χ0n) is 29.7. The first-order valence-electron chi connectivity index (χ1n) is 18.1. The number of allylic oxidation sites excluding steroid dienone is 1. The van der Waals surface area contributed by atoms with Crippen molar-refractivity contribution >= 4 is 6.08 Å². The summed E-state index contributed by atoms with van der Waals surface area (Å²) in [4.78, 5) is 14.8. The molecule has 0 saturated carbocycles. The van der Waals surface area contributed by atoms with Crippen LogP contribution in [0, 0.1) is 6.92 Å². The first kappa shape index (κ1) is 33.6. The number of hydrogen-bond donors (Lipinski definition) is 0. The van der Waals surface area contributed by atoms with Gasteiger partial charge in [0.1, 0.15) is 0 Å². The maximum absolute atomic E-state index is 5.18. The second-order valence-corrected chi connectivity index (χ2v) is 13.1. The first-order chi connectivity index (χ1) is 25.1. The van der Waals surface area contributed by atoms with Gasteiger partial charge in [-0.05, 0) is 113 Å². The summed E-state index contributed by atoms with van der Waals surface area (Å²) >= 11 is 0. The standard InChI is InChI=1S/C44H33N3.C4H10/c1-30-23-38(21-22-45-30)35-17-10-18-36(25-35)39-26-40(37-20-19-31-11-8-9-16-34(31)24-37)28-41(27-39)44-46-42(32-12-4-2-5-13-32)29-43(47-44)33-14-6-3-7-15-33;1-3-4-2/h2-7,9-10,12-29H,8,11H2,1H3;3-4H2,1-2H3. The fourth-order valence-electron chi connectivity index (χ4n) is 6.39. The Morgan fingerprint density at radius 3 is 1.67 bits per heavy atom. The highest BCUT2D eigenvalue weighted by Gasteiger charge is 2.15. The third-order valence-corrected chi connectivity index (χ3v) is 9.34. The van der Waals surface area contributed by atoms with E-state index >= 15 is 0 Å². The molecular formula is C48H43N3. The lowest BCUT2D eigenvalue weighted by molar-refractivity contribution is 0.886. The van der Waals surface area contributed by atoms with E-state index in [2.05, 4.69) is 158 Å². The van der Waals surface area contributed by atoms with E-state index in [-0.39, 0.29) is 0 Å². The molecule has 2 aromatic heterocycles. The van der Waals surface area contributed by atoms with E-state index in [1.54, 1.807) is 0 Å². The number of fused-ring (bicyclic) bond motifs is 1. The Balaban J connectivity index is 0.000000966. The summed E-state index contributed by atoms with van der Waals surface area (Å²) in [5.74, 6) is 0.701. The van der Waals surface area contributed by atoms with Gasteiger partial charge in [-0.3, -0.25) is 4.98 Å². The average molecular weight is 662 g/mol. The Morgan fingerprint density at radius 2 is 1.04 bits per heavy atom. The molecule has 7 aromatic rings. The van der Waals surface area contributed by atoms with Crippen LogP contribution in [0.15, 0.2) is 152 Å². The van der Waals surface area contributed by atoms with E-state index < -0.39 is 0 Å². The molecule has 0 aliphatic heterocycles. The number of pyridine rings is 1. The Bertz CT molecular complexity index is 2230. The number of aromatic nitrogens is 3. The molecule has 3 heteroatoms. The predicted octanol–water partition coefficient (Wildman–Crippen LogP) is 12.9. The van der Waals surface area contributed by atoms with Crippen molar-refractivity contribution in [2.24, 2.45) is 0 Å². The highest BCUT2D eigenvalue weighted by atomic mass is 14.9. The Labute approximate surface area is 302 Å². The molecular weight excluding hydrogens is 619 g/mol. The number of rotatable bonds is 7. The number of nitrogens with zero attached hydrogens (tertiary/aromatic N) is 3. The third-order valence-electron chi connectivity index (χ3n) is 9.34. The minimum atomic E-state index is 0.701. The summed E-state index contributed by atoms with van der Waals surface area (Å²) in [5, 5.41) is 0. The Hall–Kier alpha value is -5.93. The summed E-state index contributed by atoms with van der Waals surface area (Å²) in [6.07, 6.45) is 11.2. The molecule has 0 atom stereocenters. The molecule has 51 heavy (non-hydrogen) atoms. The third kappa shape index (κ3) is 7.95. The summed E-state index contributed by atoms with van der Waals surface area (Å²) in [5.41, 5.74) is 15.5. The summed E-state index contributed by atoms with van der Waals surface area (Å²) in [6, 6.07) is 49.4. The molecule has 0 fully saturated rings. The molecule has 1 aliphatic rings. The Morgan fingerprint density at radius 1 is 0.490 bits per heavy atom. The van der Waals surface area contributed by atoms with Crippen molar-refractivity contribution in [2.75, 3.05) is 0 Å². The van der Waals surface area contributed by atoms with Crippen LogP contribution in [-0.2, 0) is 6.42 Å². The van der Waals surface area contributed by atoms with E-state index in [1.165, 1.54) is 29.5 Å². The largest absolute Gasteiger partial charge is 0.262 e. The average Bonchev–Trinajstić information content (AvgIpc) is 3.21. The molecule has 0 unspecified atom stereocenters. The molecule has 0 amide bonds. The first-order valence-corrected chi connectivity index (χ1v) is 18.1. The van der Waals surface area contributed by atoms with Crippen LogP contribution in [0.4, 0.5) is 0 Å². The lowest BCUT2D eigenvalue weighted by Crippen LogP contribution is -1.97. The van der Waals surface area contributed by atoms with Gasteiger partial charge in [-0.1, -0.05) is 130 Å². The topological polar surface area (TPSA) is 38.7 Å². The van der Waals surface area contributed by atoms with Gasteiger partial charge in [0.05, 0.1) is 11.4 Å². The van der Waals surface area contributed by atoms with Crippen LogP contribution in [0.3, 0.4) is 0 Å². The lowest BCUT2D eigenvalue weighted by Gasteiger charge is -2.15. The van der Waals surface area contributed by atoms with Gasteiger partial charge in [-0.25, -0.2) is 9.97 Å². The fraction of sp³-hybridized carbons (Fsp3) is 0.146. The predicted molar refractivity (Wildman–Crippen MR) is 215 cm³/mol. The maximum atomic E-state index is 5.18.